The van der Waals surface area contributed by atoms with Gasteiger partial charge in [-0.05, 0) is 0 Å². The molecule has 8 heteroatoms. The molecule has 0 unspecified atom stereocenters. The van der Waals surface area contributed by atoms with Crippen LogP contribution >= 0.6 is 0 Å². The van der Waals surface area contributed by atoms with Gasteiger partial charge in [0.2, 0.25) is 0 Å². The second-order valence-corrected chi connectivity index (χ2v) is 6.29. The van der Waals surface area contributed by atoms with E-state index in [1.54, 1.807) is 83.1 Å². The fourth-order valence-corrected chi connectivity index (χ4v) is 0. The zero-order valence-electron chi connectivity index (χ0n) is 19.1. The van der Waals surface area contributed by atoms with Gasteiger partial charge in [-0.2, -0.15) is 0 Å². The predicted octanol–water partition coefficient (Wildman–Crippen LogP) is -1.47. The molecule has 0 N–H and O–H groups in total. The van der Waals surface area contributed by atoms with Crippen molar-refractivity contribution in [2.75, 3.05) is 0 Å². The molecule has 0 amide bonds. The quantitative estimate of drug-likeness (QED) is 0.319. The maximum absolute atomic E-state index is 9.53. The molecule has 0 aliphatic carbocycles. The smallest absolute Gasteiger partial charge is 0.852 e. The second-order valence-electron chi connectivity index (χ2n) is 6.29. The fourth-order valence-electron chi connectivity index (χ4n) is 0. The van der Waals surface area contributed by atoms with Crippen molar-refractivity contribution in [1.29, 1.82) is 0 Å². The third-order valence-corrected chi connectivity index (χ3v) is 0. The molecule has 0 aromatic rings. The Morgan fingerprint density at radius 3 is 0.269 bits per heavy atom. The minimum atomic E-state index is -0.417. The summed E-state index contributed by atoms with van der Waals surface area (Å²) in [7, 11) is 0. The van der Waals surface area contributed by atoms with Crippen LogP contribution in [0.2, 0.25) is 0 Å². The van der Waals surface area contributed by atoms with Crippen molar-refractivity contribution in [2.45, 2.75) is 120 Å². The monoisotopic (exact) mass is 636 g/mol. The van der Waals surface area contributed by atoms with Crippen molar-refractivity contribution in [3.8, 4) is 0 Å². The molecule has 0 aromatic carbocycles. The van der Waals surface area contributed by atoms with Gasteiger partial charge in [-0.1, -0.05) is 83.1 Å². The molecular formula is C18H42O6Pr2. The molecule has 0 aromatic heterocycles. The zero-order valence-corrected chi connectivity index (χ0v) is 26.5. The topological polar surface area (TPSA) is 138 Å². The molecule has 0 rings (SSSR count). The van der Waals surface area contributed by atoms with Gasteiger partial charge < -0.3 is 30.6 Å². The minimum Gasteiger partial charge on any atom is -0.852 e. The van der Waals surface area contributed by atoms with E-state index < -0.39 is 36.6 Å². The van der Waals surface area contributed by atoms with E-state index in [0.29, 0.717) is 0 Å². The molecule has 0 atom stereocenters. The maximum Gasteiger partial charge on any atom is 3.00 e. The van der Waals surface area contributed by atoms with Crippen molar-refractivity contribution >= 4 is 0 Å². The van der Waals surface area contributed by atoms with Crippen LogP contribution < -0.4 is 30.6 Å². The Morgan fingerprint density at radius 1 is 0.269 bits per heavy atom. The average molecular weight is 636 g/mol. The normalized spacial score (nSPS) is 8.31. The standard InChI is InChI=1S/6C3H7O.2Pr/c6*1-3(2)4;;/h6*3H,1-2H3;;/q6*-1;2*+3. The Morgan fingerprint density at radius 2 is 0.269 bits per heavy atom. The first-order valence-electron chi connectivity index (χ1n) is 8.34. The molecule has 0 radical (unpaired) electrons. The Balaban J connectivity index is -0.0000000245. The zero-order chi connectivity index (χ0) is 21.5. The SMILES string of the molecule is CC(C)[O-].CC(C)[O-].CC(C)[O-].CC(C)[O-].CC(C)[O-].CC(C)[O-].[Pr+3].[Pr+3]. The van der Waals surface area contributed by atoms with Crippen LogP contribution in [-0.2, 0) is 0 Å². The van der Waals surface area contributed by atoms with Crippen molar-refractivity contribution in [3.05, 3.63) is 0 Å². The van der Waals surface area contributed by atoms with Crippen LogP contribution in [0.3, 0.4) is 0 Å². The van der Waals surface area contributed by atoms with Crippen molar-refractivity contribution in [3.63, 3.8) is 0 Å². The first kappa shape index (κ1) is 51.3. The summed E-state index contributed by atoms with van der Waals surface area (Å²) in [6.45, 7) is 19.3. The summed E-state index contributed by atoms with van der Waals surface area (Å²) in [6, 6.07) is 0. The summed E-state index contributed by atoms with van der Waals surface area (Å²) >= 11 is 0. The summed E-state index contributed by atoms with van der Waals surface area (Å²) in [5.41, 5.74) is 0. The van der Waals surface area contributed by atoms with Crippen LogP contribution in [0.1, 0.15) is 83.1 Å². The van der Waals surface area contributed by atoms with E-state index in [2.05, 4.69) is 0 Å². The van der Waals surface area contributed by atoms with Crippen molar-refractivity contribution in [1.82, 2.24) is 0 Å². The summed E-state index contributed by atoms with van der Waals surface area (Å²) in [6.07, 6.45) is -2.50. The van der Waals surface area contributed by atoms with E-state index in [9.17, 15) is 30.6 Å². The summed E-state index contributed by atoms with van der Waals surface area (Å²) in [4.78, 5) is 0. The van der Waals surface area contributed by atoms with Crippen LogP contribution in [0.4, 0.5) is 0 Å². The molecule has 156 valence electrons. The summed E-state index contributed by atoms with van der Waals surface area (Å²) < 4.78 is 0. The molecular weight excluding hydrogens is 594 g/mol. The van der Waals surface area contributed by atoms with Gasteiger partial charge in [0.25, 0.3) is 0 Å². The molecule has 0 fully saturated rings. The molecule has 0 saturated heterocycles. The van der Waals surface area contributed by atoms with Crippen LogP contribution in [0.5, 0.6) is 0 Å². The Labute approximate surface area is 230 Å². The van der Waals surface area contributed by atoms with Crippen molar-refractivity contribution in [2.24, 2.45) is 0 Å². The van der Waals surface area contributed by atoms with Gasteiger partial charge in [0.1, 0.15) is 0 Å². The molecule has 6 nitrogen and oxygen atoms in total. The Bertz CT molecular complexity index is 105. The van der Waals surface area contributed by atoms with E-state index in [1.807, 2.05) is 0 Å². The van der Waals surface area contributed by atoms with E-state index in [1.165, 1.54) is 0 Å². The number of rotatable bonds is 0. The maximum atomic E-state index is 9.53. The van der Waals surface area contributed by atoms with Gasteiger partial charge >= 0.3 is 82.6 Å². The third-order valence-electron chi connectivity index (χ3n) is 0. The van der Waals surface area contributed by atoms with Gasteiger partial charge in [0.15, 0.2) is 0 Å². The molecule has 0 aliphatic heterocycles. The molecule has 0 spiro atoms. The molecule has 0 saturated carbocycles. The van der Waals surface area contributed by atoms with Crippen LogP contribution in [-0.4, -0.2) is 36.6 Å². The second kappa shape index (κ2) is 45.9. The first-order chi connectivity index (χ1) is 10.4. The van der Waals surface area contributed by atoms with E-state index in [0.717, 1.165) is 0 Å². The van der Waals surface area contributed by atoms with Gasteiger partial charge in [0, 0.05) is 0 Å². The number of hydrogen-bond acceptors (Lipinski definition) is 6. The molecule has 26 heavy (non-hydrogen) atoms. The summed E-state index contributed by atoms with van der Waals surface area (Å²) in [5.74, 6) is 0. The largest absolute Gasteiger partial charge is 3.00 e. The predicted molar refractivity (Wildman–Crippen MR) is 90.8 cm³/mol. The molecule has 0 bridgehead atoms. The van der Waals surface area contributed by atoms with E-state index in [4.69, 9.17) is 0 Å². The molecule has 0 heterocycles. The minimum absolute atomic E-state index is 0. The van der Waals surface area contributed by atoms with Crippen LogP contribution in [0, 0.1) is 82.6 Å². The van der Waals surface area contributed by atoms with Gasteiger partial charge in [-0.15, -0.1) is 36.6 Å². The molecule has 0 aliphatic rings. The number of hydrogen-bond donors (Lipinski definition) is 0. The van der Waals surface area contributed by atoms with Gasteiger partial charge in [0.05, 0.1) is 0 Å². The first-order valence-corrected chi connectivity index (χ1v) is 8.34. The van der Waals surface area contributed by atoms with Crippen LogP contribution in [0.25, 0.3) is 0 Å². The van der Waals surface area contributed by atoms with Gasteiger partial charge in [-0.25, -0.2) is 0 Å². The van der Waals surface area contributed by atoms with E-state index in [-0.39, 0.29) is 82.6 Å². The van der Waals surface area contributed by atoms with Gasteiger partial charge in [-0.3, -0.25) is 0 Å². The average Bonchev–Trinajstić information content (AvgIpc) is 2.08. The fraction of sp³-hybridized carbons (Fsp3) is 1.00. The van der Waals surface area contributed by atoms with Crippen molar-refractivity contribution < 1.29 is 113 Å². The Hall–Kier alpha value is 2.49. The van der Waals surface area contributed by atoms with Crippen LogP contribution in [0.15, 0.2) is 0 Å². The van der Waals surface area contributed by atoms with E-state index >= 15 is 0 Å². The third kappa shape index (κ3) is 2780. The Kier molecular flexibility index (Phi) is 90.6. The summed E-state index contributed by atoms with van der Waals surface area (Å²) in [5, 5.41) is 57.2.